The summed E-state index contributed by atoms with van der Waals surface area (Å²) in [7, 11) is 2.81. The molecule has 0 radical (unpaired) electrons. The maximum Gasteiger partial charge on any atom is 0.341 e. The third-order valence-electron chi connectivity index (χ3n) is 6.24. The van der Waals surface area contributed by atoms with E-state index in [9.17, 15) is 14.4 Å². The molecule has 9 nitrogen and oxygen atoms in total. The lowest BCUT2D eigenvalue weighted by atomic mass is 9.95. The number of benzene rings is 2. The molecule has 39 heavy (non-hydrogen) atoms. The Morgan fingerprint density at radius 3 is 2.54 bits per heavy atom. The number of hydrogen-bond donors (Lipinski definition) is 2. The van der Waals surface area contributed by atoms with Gasteiger partial charge < -0.3 is 19.5 Å². The summed E-state index contributed by atoms with van der Waals surface area (Å²) in [6.45, 7) is 1.94. The minimum Gasteiger partial charge on any atom is -0.493 e. The van der Waals surface area contributed by atoms with Gasteiger partial charge in [0.1, 0.15) is 11.6 Å². The highest BCUT2D eigenvalue weighted by Gasteiger charge is 2.28. The number of carbonyl (C=O) groups is 3. The Kier molecular flexibility index (Phi) is 9.21. The summed E-state index contributed by atoms with van der Waals surface area (Å²) in [5.74, 6) is -1.46. The molecule has 0 saturated carbocycles. The van der Waals surface area contributed by atoms with Gasteiger partial charge in [0.15, 0.2) is 11.5 Å². The predicted octanol–water partition coefficient (Wildman–Crippen LogP) is 5.13. The number of thiophene rings is 1. The largest absolute Gasteiger partial charge is 0.493 e. The van der Waals surface area contributed by atoms with Crippen LogP contribution in [0.25, 0.3) is 0 Å². The molecule has 0 atom stereocenters. The number of hydrazone groups is 1. The highest BCUT2D eigenvalue weighted by Crippen LogP contribution is 2.38. The number of halogens is 1. The number of anilines is 1. The first-order valence-electron chi connectivity index (χ1n) is 12.3. The molecule has 2 N–H and O–H groups in total. The Bertz CT molecular complexity index is 1430. The zero-order valence-electron chi connectivity index (χ0n) is 21.8. The first kappa shape index (κ1) is 28.1. The fraction of sp³-hybridized carbons (Fsp3) is 0.286. The van der Waals surface area contributed by atoms with Gasteiger partial charge in [-0.3, -0.25) is 9.59 Å². The highest BCUT2D eigenvalue weighted by molar-refractivity contribution is 7.17. The molecule has 0 saturated heterocycles. The van der Waals surface area contributed by atoms with Crippen LogP contribution in [0.4, 0.5) is 5.00 Å². The Balaban J connectivity index is 1.41. The molecular formula is C28H28ClN3O6S. The first-order valence-corrected chi connectivity index (χ1v) is 13.4. The van der Waals surface area contributed by atoms with Gasteiger partial charge in [0.05, 0.1) is 25.5 Å². The lowest BCUT2D eigenvalue weighted by molar-refractivity contribution is -0.136. The first-order chi connectivity index (χ1) is 18.8. The second-order valence-electron chi connectivity index (χ2n) is 8.74. The number of nitrogens with zero attached hydrogens (tertiary/aromatic N) is 1. The molecule has 0 unspecified atom stereocenters. The zero-order chi connectivity index (χ0) is 27.9. The summed E-state index contributed by atoms with van der Waals surface area (Å²) in [5, 5.41) is 7.53. The van der Waals surface area contributed by atoms with Crippen molar-refractivity contribution >= 4 is 51.4 Å². The van der Waals surface area contributed by atoms with Crippen molar-refractivity contribution in [1.82, 2.24) is 5.43 Å². The number of hydrogen-bond acceptors (Lipinski definition) is 8. The van der Waals surface area contributed by atoms with Gasteiger partial charge in [-0.15, -0.1) is 11.3 Å². The van der Waals surface area contributed by atoms with Crippen molar-refractivity contribution in [3.8, 4) is 11.5 Å². The van der Waals surface area contributed by atoms with E-state index in [2.05, 4.69) is 15.8 Å². The molecule has 0 spiro atoms. The molecule has 2 amide bonds. The van der Waals surface area contributed by atoms with Crippen LogP contribution in [0.2, 0.25) is 5.02 Å². The number of amides is 2. The fourth-order valence-corrected chi connectivity index (χ4v) is 5.63. The smallest absolute Gasteiger partial charge is 0.341 e. The standard InChI is InChI=1S/C28H28ClN3O6S/c1-16(17-12-13-21(22(14-17)36-2)38-15-18-8-4-6-10-20(18)29)31-32-26(34)25(33)30-27-24(28(35)37-3)19-9-5-7-11-23(19)39-27/h4,6,8,10,12-14H,5,7,9,11,15H2,1-3H3,(H,30,33)(H,32,34)/b31-16+. The Hall–Kier alpha value is -3.89. The number of fused-ring (bicyclic) bond motifs is 1. The van der Waals surface area contributed by atoms with Crippen LogP contribution in [0.1, 0.15) is 51.7 Å². The third kappa shape index (κ3) is 6.58. The van der Waals surface area contributed by atoms with Crippen LogP contribution in [-0.2, 0) is 33.8 Å². The van der Waals surface area contributed by atoms with Crippen molar-refractivity contribution in [1.29, 1.82) is 0 Å². The summed E-state index contributed by atoms with van der Waals surface area (Å²) in [6, 6.07) is 12.6. The zero-order valence-corrected chi connectivity index (χ0v) is 23.3. The highest BCUT2D eigenvalue weighted by atomic mass is 35.5. The Labute approximate surface area is 235 Å². The van der Waals surface area contributed by atoms with E-state index in [0.29, 0.717) is 38.4 Å². The number of ether oxygens (including phenoxy) is 3. The Morgan fingerprint density at radius 1 is 1.03 bits per heavy atom. The molecular weight excluding hydrogens is 542 g/mol. The average Bonchev–Trinajstić information content (AvgIpc) is 3.32. The molecule has 1 aliphatic rings. The Morgan fingerprint density at radius 2 is 1.79 bits per heavy atom. The third-order valence-corrected chi connectivity index (χ3v) is 7.82. The lowest BCUT2D eigenvalue weighted by Gasteiger charge is -2.13. The van der Waals surface area contributed by atoms with Gasteiger partial charge in [0, 0.05) is 21.0 Å². The van der Waals surface area contributed by atoms with Gasteiger partial charge in [-0.1, -0.05) is 29.8 Å². The van der Waals surface area contributed by atoms with Gasteiger partial charge in [0.25, 0.3) is 0 Å². The van der Waals surface area contributed by atoms with Crippen molar-refractivity contribution in [2.24, 2.45) is 5.10 Å². The minimum absolute atomic E-state index is 0.262. The molecule has 0 aliphatic heterocycles. The van der Waals surface area contributed by atoms with E-state index in [1.165, 1.54) is 25.6 Å². The van der Waals surface area contributed by atoms with Gasteiger partial charge in [-0.2, -0.15) is 5.10 Å². The van der Waals surface area contributed by atoms with E-state index >= 15 is 0 Å². The van der Waals surface area contributed by atoms with E-state index in [1.54, 1.807) is 31.2 Å². The maximum absolute atomic E-state index is 12.6. The topological polar surface area (TPSA) is 115 Å². The van der Waals surface area contributed by atoms with Crippen molar-refractivity contribution in [2.45, 2.75) is 39.2 Å². The van der Waals surface area contributed by atoms with Crippen LogP contribution in [0, 0.1) is 0 Å². The van der Waals surface area contributed by atoms with Crippen LogP contribution in [0.3, 0.4) is 0 Å². The maximum atomic E-state index is 12.6. The molecule has 0 fully saturated rings. The monoisotopic (exact) mass is 569 g/mol. The number of carbonyl (C=O) groups excluding carboxylic acids is 3. The van der Waals surface area contributed by atoms with Crippen LogP contribution >= 0.6 is 22.9 Å². The summed E-state index contributed by atoms with van der Waals surface area (Å²) >= 11 is 7.50. The summed E-state index contributed by atoms with van der Waals surface area (Å²) in [6.07, 6.45) is 3.52. The molecule has 204 valence electrons. The van der Waals surface area contributed by atoms with E-state index in [1.807, 2.05) is 18.2 Å². The lowest BCUT2D eigenvalue weighted by Crippen LogP contribution is -2.33. The summed E-state index contributed by atoms with van der Waals surface area (Å²) in [4.78, 5) is 38.5. The minimum atomic E-state index is -0.969. The van der Waals surface area contributed by atoms with Crippen molar-refractivity contribution in [3.05, 3.63) is 74.6 Å². The number of methoxy groups -OCH3 is 2. The SMILES string of the molecule is COC(=O)c1c(NC(=O)C(=O)N/N=C(\C)c2ccc(OCc3ccccc3Cl)c(OC)c2)sc2c1CCCC2. The second-order valence-corrected chi connectivity index (χ2v) is 10.3. The fourth-order valence-electron chi connectivity index (χ4n) is 4.16. The molecule has 2 aromatic carbocycles. The number of aryl methyl sites for hydroxylation is 1. The normalized spacial score (nSPS) is 12.8. The summed E-state index contributed by atoms with van der Waals surface area (Å²) in [5.41, 5.74) is 5.40. The molecule has 1 heterocycles. The van der Waals surface area contributed by atoms with Crippen LogP contribution < -0.4 is 20.2 Å². The second kappa shape index (κ2) is 12.8. The van der Waals surface area contributed by atoms with Crippen LogP contribution in [0.5, 0.6) is 11.5 Å². The van der Waals surface area contributed by atoms with Gasteiger partial charge in [-0.05, 0) is 62.4 Å². The predicted molar refractivity (Wildman–Crippen MR) is 150 cm³/mol. The summed E-state index contributed by atoms with van der Waals surface area (Å²) < 4.78 is 16.2. The van der Waals surface area contributed by atoms with Crippen molar-refractivity contribution < 1.29 is 28.6 Å². The van der Waals surface area contributed by atoms with Crippen molar-refractivity contribution in [2.75, 3.05) is 19.5 Å². The number of esters is 1. The van der Waals surface area contributed by atoms with Crippen LogP contribution in [0.15, 0.2) is 47.6 Å². The molecule has 1 aromatic heterocycles. The average molecular weight is 570 g/mol. The number of nitrogens with one attached hydrogen (secondary N) is 2. The van der Waals surface area contributed by atoms with Gasteiger partial charge in [0.2, 0.25) is 0 Å². The van der Waals surface area contributed by atoms with Crippen LogP contribution in [-0.4, -0.2) is 37.7 Å². The van der Waals surface area contributed by atoms with Crippen molar-refractivity contribution in [3.63, 3.8) is 0 Å². The number of rotatable bonds is 8. The van der Waals surface area contributed by atoms with Gasteiger partial charge in [-0.25, -0.2) is 10.2 Å². The molecule has 0 bridgehead atoms. The molecule has 1 aliphatic carbocycles. The van der Waals surface area contributed by atoms with E-state index in [4.69, 9.17) is 25.8 Å². The van der Waals surface area contributed by atoms with E-state index in [-0.39, 0.29) is 6.61 Å². The molecule has 3 aromatic rings. The van der Waals surface area contributed by atoms with Gasteiger partial charge >= 0.3 is 17.8 Å². The van der Waals surface area contributed by atoms with E-state index < -0.39 is 17.8 Å². The van der Waals surface area contributed by atoms with E-state index in [0.717, 1.165) is 41.7 Å². The quantitative estimate of drug-likeness (QED) is 0.168. The molecule has 11 heteroatoms. The molecule has 4 rings (SSSR count).